The highest BCUT2D eigenvalue weighted by atomic mass is 35.5. The Morgan fingerprint density at radius 3 is 2.23 bits per heavy atom. The summed E-state index contributed by atoms with van der Waals surface area (Å²) in [4.78, 5) is 17.4. The fourth-order valence-electron chi connectivity index (χ4n) is 3.72. The van der Waals surface area contributed by atoms with Crippen LogP contribution in [0.1, 0.15) is 30.0 Å². The van der Waals surface area contributed by atoms with E-state index in [1.54, 1.807) is 54.4 Å². The van der Waals surface area contributed by atoms with E-state index < -0.39 is 9.84 Å². The summed E-state index contributed by atoms with van der Waals surface area (Å²) in [6.07, 6.45) is 3.71. The molecule has 0 N–H and O–H groups in total. The molecule has 170 valence electrons. The van der Waals surface area contributed by atoms with Gasteiger partial charge in [-0.1, -0.05) is 41.4 Å². The van der Waals surface area contributed by atoms with Gasteiger partial charge in [0.05, 0.1) is 27.4 Å². The van der Waals surface area contributed by atoms with E-state index >= 15 is 0 Å². The van der Waals surface area contributed by atoms with Crippen LogP contribution in [0, 0.1) is 0 Å². The van der Waals surface area contributed by atoms with Crippen LogP contribution in [0.5, 0.6) is 0 Å². The highest BCUT2D eigenvalue weighted by molar-refractivity contribution is 7.90. The van der Waals surface area contributed by atoms with Crippen molar-refractivity contribution >= 4 is 51.4 Å². The number of likely N-dealkylation sites (tertiary alicyclic amines) is 1. The maximum atomic E-state index is 13.1. The Kier molecular flexibility index (Phi) is 9.22. The van der Waals surface area contributed by atoms with Crippen LogP contribution in [-0.2, 0) is 21.1 Å². The summed E-state index contributed by atoms with van der Waals surface area (Å²) in [6, 6.07) is 11.9. The number of likely N-dealkylation sites (N-methyl/N-ethyl adjacent to an activating group) is 1. The van der Waals surface area contributed by atoms with Gasteiger partial charge in [-0.3, -0.25) is 4.79 Å². The molecule has 1 amide bonds. The Morgan fingerprint density at radius 2 is 1.68 bits per heavy atom. The van der Waals surface area contributed by atoms with Gasteiger partial charge in [-0.2, -0.15) is 0 Å². The lowest BCUT2D eigenvalue weighted by Crippen LogP contribution is -2.39. The summed E-state index contributed by atoms with van der Waals surface area (Å²) in [5.74, 6) is -0.0372. The molecule has 0 radical (unpaired) electrons. The Morgan fingerprint density at radius 1 is 1.06 bits per heavy atom. The number of nitrogens with zero attached hydrogens (tertiary/aromatic N) is 2. The Bertz CT molecular complexity index is 1010. The van der Waals surface area contributed by atoms with Crippen molar-refractivity contribution in [2.24, 2.45) is 0 Å². The molecule has 9 heteroatoms. The van der Waals surface area contributed by atoms with Crippen LogP contribution in [0.2, 0.25) is 10.0 Å². The van der Waals surface area contributed by atoms with Gasteiger partial charge in [0, 0.05) is 19.8 Å². The number of hydrogen-bond acceptors (Lipinski definition) is 4. The number of amides is 1. The molecule has 2 aromatic rings. The minimum atomic E-state index is -3.27. The van der Waals surface area contributed by atoms with Crippen molar-refractivity contribution in [1.29, 1.82) is 0 Å². The molecule has 1 fully saturated rings. The third kappa shape index (κ3) is 6.83. The third-order valence-corrected chi connectivity index (χ3v) is 7.39. The summed E-state index contributed by atoms with van der Waals surface area (Å²) in [5.41, 5.74) is 1.72. The van der Waals surface area contributed by atoms with Crippen LogP contribution >= 0.6 is 35.6 Å². The molecule has 1 heterocycles. The first-order valence-corrected chi connectivity index (χ1v) is 12.5. The van der Waals surface area contributed by atoms with Gasteiger partial charge in [-0.15, -0.1) is 12.4 Å². The molecule has 1 aliphatic heterocycles. The zero-order chi connectivity index (χ0) is 21.9. The predicted molar refractivity (Wildman–Crippen MR) is 128 cm³/mol. The van der Waals surface area contributed by atoms with Gasteiger partial charge in [0.15, 0.2) is 9.84 Å². The third-order valence-electron chi connectivity index (χ3n) is 5.52. The highest BCUT2D eigenvalue weighted by Crippen LogP contribution is 2.26. The molecular weight excluding hydrogens is 479 g/mol. The van der Waals surface area contributed by atoms with Crippen LogP contribution in [0.4, 0.5) is 0 Å². The molecule has 5 nitrogen and oxygen atoms in total. The summed E-state index contributed by atoms with van der Waals surface area (Å²) in [7, 11) is -1.47. The molecule has 1 saturated heterocycles. The topological polar surface area (TPSA) is 57.7 Å². The fraction of sp³-hybridized carbons (Fsp3) is 0.409. The Hall–Kier alpha value is -1.31. The van der Waals surface area contributed by atoms with Crippen molar-refractivity contribution in [1.82, 2.24) is 9.80 Å². The number of carbonyl (C=O) groups is 1. The molecule has 31 heavy (non-hydrogen) atoms. The molecule has 3 rings (SSSR count). The average Bonchev–Trinajstić information content (AvgIpc) is 3.21. The van der Waals surface area contributed by atoms with E-state index in [1.807, 2.05) is 0 Å². The van der Waals surface area contributed by atoms with E-state index in [4.69, 9.17) is 23.2 Å². The number of carbonyl (C=O) groups excluding carboxylic acids is 1. The first-order chi connectivity index (χ1) is 14.1. The van der Waals surface area contributed by atoms with Gasteiger partial charge in [-0.25, -0.2) is 8.42 Å². The lowest BCUT2D eigenvalue weighted by molar-refractivity contribution is -0.131. The van der Waals surface area contributed by atoms with Gasteiger partial charge >= 0.3 is 0 Å². The van der Waals surface area contributed by atoms with E-state index in [0.29, 0.717) is 16.6 Å². The summed E-state index contributed by atoms with van der Waals surface area (Å²) < 4.78 is 23.6. The molecule has 0 aliphatic carbocycles. The van der Waals surface area contributed by atoms with E-state index in [1.165, 1.54) is 6.26 Å². The maximum Gasteiger partial charge on any atom is 0.227 e. The van der Waals surface area contributed by atoms with Crippen molar-refractivity contribution in [3.8, 4) is 0 Å². The molecule has 0 spiro atoms. The van der Waals surface area contributed by atoms with E-state index in [9.17, 15) is 13.2 Å². The second-order valence-electron chi connectivity index (χ2n) is 7.79. The second kappa shape index (κ2) is 11.0. The standard InChI is InChI=1S/C22H26Cl2N2O3S.ClH/c1-25(22(27)14-16-5-10-19(23)20(24)13-16)21(15-26-11-3-4-12-26)17-6-8-18(9-7-17)30(2,28)29;/h5-10,13,21H,3-4,11-12,14-15H2,1-2H3;1H. The molecule has 1 aliphatic rings. The first-order valence-electron chi connectivity index (χ1n) is 9.87. The van der Waals surface area contributed by atoms with Gasteiger partial charge < -0.3 is 9.80 Å². The minimum absolute atomic E-state index is 0. The van der Waals surface area contributed by atoms with Crippen molar-refractivity contribution in [3.05, 3.63) is 63.6 Å². The van der Waals surface area contributed by atoms with Crippen molar-refractivity contribution in [2.75, 3.05) is 32.9 Å². The van der Waals surface area contributed by atoms with Gasteiger partial charge in [-0.05, 0) is 61.3 Å². The number of sulfone groups is 1. The average molecular weight is 506 g/mol. The molecule has 0 bridgehead atoms. The number of rotatable bonds is 7. The summed E-state index contributed by atoms with van der Waals surface area (Å²) in [5, 5.41) is 0.883. The Balaban J connectivity index is 0.00000341. The molecule has 0 saturated carbocycles. The lowest BCUT2D eigenvalue weighted by Gasteiger charge is -2.32. The SMILES string of the molecule is CN(C(=O)Cc1ccc(Cl)c(Cl)c1)C(CN1CCCC1)c1ccc(S(C)(=O)=O)cc1.Cl. The van der Waals surface area contributed by atoms with E-state index in [2.05, 4.69) is 4.90 Å². The smallest absolute Gasteiger partial charge is 0.227 e. The fourth-order valence-corrected chi connectivity index (χ4v) is 4.67. The second-order valence-corrected chi connectivity index (χ2v) is 10.6. The summed E-state index contributed by atoms with van der Waals surface area (Å²) >= 11 is 12.1. The van der Waals surface area contributed by atoms with Gasteiger partial charge in [0.1, 0.15) is 0 Å². The number of benzene rings is 2. The van der Waals surface area contributed by atoms with E-state index in [-0.39, 0.29) is 35.7 Å². The predicted octanol–water partition coefficient (Wildman–Crippen LogP) is 4.66. The first kappa shape index (κ1) is 25.9. The van der Waals surface area contributed by atoms with Crippen LogP contribution in [0.3, 0.4) is 0 Å². The van der Waals surface area contributed by atoms with Crippen molar-refractivity contribution in [2.45, 2.75) is 30.2 Å². The van der Waals surface area contributed by atoms with Crippen molar-refractivity contribution in [3.63, 3.8) is 0 Å². The van der Waals surface area contributed by atoms with Crippen LogP contribution < -0.4 is 0 Å². The monoisotopic (exact) mass is 504 g/mol. The highest BCUT2D eigenvalue weighted by Gasteiger charge is 2.26. The molecule has 1 unspecified atom stereocenters. The van der Waals surface area contributed by atoms with Gasteiger partial charge in [0.25, 0.3) is 0 Å². The maximum absolute atomic E-state index is 13.1. The minimum Gasteiger partial charge on any atom is -0.337 e. The Labute approximate surface area is 200 Å². The van der Waals surface area contributed by atoms with Gasteiger partial charge in [0.2, 0.25) is 5.91 Å². The zero-order valence-corrected chi connectivity index (χ0v) is 20.7. The molecule has 2 aromatic carbocycles. The van der Waals surface area contributed by atoms with Crippen molar-refractivity contribution < 1.29 is 13.2 Å². The summed E-state index contributed by atoms with van der Waals surface area (Å²) in [6.45, 7) is 2.72. The normalized spacial score (nSPS) is 15.4. The van der Waals surface area contributed by atoms with Crippen LogP contribution in [0.15, 0.2) is 47.4 Å². The van der Waals surface area contributed by atoms with E-state index in [0.717, 1.165) is 37.1 Å². The zero-order valence-electron chi connectivity index (χ0n) is 17.6. The molecular formula is C22H27Cl3N2O3S. The van der Waals surface area contributed by atoms with Crippen LogP contribution in [0.25, 0.3) is 0 Å². The molecule has 1 atom stereocenters. The molecule has 0 aromatic heterocycles. The van der Waals surface area contributed by atoms with Crippen LogP contribution in [-0.4, -0.2) is 57.1 Å². The lowest BCUT2D eigenvalue weighted by atomic mass is 10.0. The largest absolute Gasteiger partial charge is 0.337 e. The quantitative estimate of drug-likeness (QED) is 0.549. The number of halogens is 3. The number of hydrogen-bond donors (Lipinski definition) is 0.